The zero-order valence-electron chi connectivity index (χ0n) is 11.6. The largest absolute Gasteiger partial charge is 0.573 e. The Labute approximate surface area is 128 Å². The van der Waals surface area contributed by atoms with Crippen LogP contribution in [-0.4, -0.2) is 30.9 Å². The van der Waals surface area contributed by atoms with Crippen molar-refractivity contribution in [3.05, 3.63) is 29.8 Å². The Morgan fingerprint density at radius 1 is 1.19 bits per heavy atom. The number of hydrogen-bond acceptors (Lipinski definition) is 3. The smallest absolute Gasteiger partial charge is 0.405 e. The molecule has 1 fully saturated rings. The van der Waals surface area contributed by atoms with Gasteiger partial charge in [-0.2, -0.15) is 0 Å². The second-order valence-electron chi connectivity index (χ2n) is 5.11. The summed E-state index contributed by atoms with van der Waals surface area (Å²) in [5, 5.41) is 0. The van der Waals surface area contributed by atoms with E-state index in [0.717, 1.165) is 25.9 Å². The van der Waals surface area contributed by atoms with E-state index >= 15 is 0 Å². The molecule has 2 N–H and O–H groups in total. The van der Waals surface area contributed by atoms with Crippen LogP contribution in [0, 0.1) is 5.92 Å². The topological polar surface area (TPSA) is 38.5 Å². The van der Waals surface area contributed by atoms with E-state index in [1.807, 2.05) is 0 Å². The molecule has 0 radical (unpaired) electrons. The number of hydrogen-bond donors (Lipinski definition) is 1. The molecule has 0 saturated carbocycles. The Kier molecular flexibility index (Phi) is 6.77. The van der Waals surface area contributed by atoms with Gasteiger partial charge in [0.15, 0.2) is 0 Å². The minimum absolute atomic E-state index is 0. The number of halogens is 4. The first-order valence-corrected chi connectivity index (χ1v) is 6.74. The van der Waals surface area contributed by atoms with Crippen molar-refractivity contribution in [2.24, 2.45) is 11.7 Å². The van der Waals surface area contributed by atoms with E-state index in [-0.39, 0.29) is 18.2 Å². The first kappa shape index (κ1) is 18.1. The molecular formula is C14H20ClF3N2O. The first-order valence-electron chi connectivity index (χ1n) is 6.74. The van der Waals surface area contributed by atoms with E-state index < -0.39 is 6.36 Å². The standard InChI is InChI=1S/C14H19F3N2O.ClH/c15-14(16,17)20-13-4-2-1-3-12(13)10-19-7-5-11(9-18)6-8-19;/h1-4,11H,5-10,18H2;1H. The molecule has 7 heteroatoms. The summed E-state index contributed by atoms with van der Waals surface area (Å²) in [7, 11) is 0. The molecule has 0 spiro atoms. The second kappa shape index (κ2) is 7.87. The van der Waals surface area contributed by atoms with Crippen LogP contribution in [0.5, 0.6) is 5.75 Å². The van der Waals surface area contributed by atoms with Gasteiger partial charge in [-0.25, -0.2) is 0 Å². The van der Waals surface area contributed by atoms with Crippen LogP contribution < -0.4 is 10.5 Å². The monoisotopic (exact) mass is 324 g/mol. The molecule has 21 heavy (non-hydrogen) atoms. The van der Waals surface area contributed by atoms with Gasteiger partial charge in [0.05, 0.1) is 0 Å². The van der Waals surface area contributed by atoms with Gasteiger partial charge in [-0.3, -0.25) is 4.90 Å². The Bertz CT molecular complexity index is 434. The van der Waals surface area contributed by atoms with E-state index in [1.165, 1.54) is 6.07 Å². The lowest BCUT2D eigenvalue weighted by Crippen LogP contribution is -2.35. The third-order valence-electron chi connectivity index (χ3n) is 3.63. The number of alkyl halides is 3. The van der Waals surface area contributed by atoms with Crippen molar-refractivity contribution in [2.45, 2.75) is 25.7 Å². The average Bonchev–Trinajstić information content (AvgIpc) is 2.40. The SMILES string of the molecule is Cl.NCC1CCN(Cc2ccccc2OC(F)(F)F)CC1. The van der Waals surface area contributed by atoms with Crippen LogP contribution in [0.15, 0.2) is 24.3 Å². The molecule has 2 rings (SSSR count). The molecular weight excluding hydrogens is 305 g/mol. The molecule has 1 aromatic rings. The van der Waals surface area contributed by atoms with Gasteiger partial charge < -0.3 is 10.5 Å². The molecule has 0 amide bonds. The van der Waals surface area contributed by atoms with Crippen LogP contribution >= 0.6 is 12.4 Å². The van der Waals surface area contributed by atoms with Gasteiger partial charge in [-0.15, -0.1) is 25.6 Å². The van der Waals surface area contributed by atoms with Crippen LogP contribution in [-0.2, 0) is 6.54 Å². The van der Waals surface area contributed by atoms with Gasteiger partial charge >= 0.3 is 6.36 Å². The summed E-state index contributed by atoms with van der Waals surface area (Å²) < 4.78 is 41.1. The quantitative estimate of drug-likeness (QED) is 0.924. The highest BCUT2D eigenvalue weighted by Crippen LogP contribution is 2.28. The summed E-state index contributed by atoms with van der Waals surface area (Å²) in [6.07, 6.45) is -2.65. The molecule has 0 bridgehead atoms. The minimum atomic E-state index is -4.65. The van der Waals surface area contributed by atoms with Gasteiger partial charge in [0.25, 0.3) is 0 Å². The summed E-state index contributed by atoms with van der Waals surface area (Å²) in [5.41, 5.74) is 6.20. The number of para-hydroxylation sites is 1. The van der Waals surface area contributed by atoms with Crippen LogP contribution in [0.3, 0.4) is 0 Å². The predicted molar refractivity (Wildman–Crippen MR) is 77.4 cm³/mol. The van der Waals surface area contributed by atoms with Crippen LogP contribution in [0.1, 0.15) is 18.4 Å². The van der Waals surface area contributed by atoms with E-state index in [0.29, 0.717) is 24.6 Å². The fraction of sp³-hybridized carbons (Fsp3) is 0.571. The molecule has 3 nitrogen and oxygen atoms in total. The van der Waals surface area contributed by atoms with Gasteiger partial charge in [-0.05, 0) is 44.5 Å². The van der Waals surface area contributed by atoms with Crippen LogP contribution in [0.2, 0.25) is 0 Å². The van der Waals surface area contributed by atoms with Gasteiger partial charge in [0.2, 0.25) is 0 Å². The first-order chi connectivity index (χ1) is 9.48. The summed E-state index contributed by atoms with van der Waals surface area (Å²) in [4.78, 5) is 2.14. The number of rotatable bonds is 4. The van der Waals surface area contributed by atoms with Crippen molar-refractivity contribution in [2.75, 3.05) is 19.6 Å². The Hall–Kier alpha value is -0.980. The highest BCUT2D eigenvalue weighted by Gasteiger charge is 2.32. The number of benzene rings is 1. The maximum Gasteiger partial charge on any atom is 0.573 e. The highest BCUT2D eigenvalue weighted by atomic mass is 35.5. The van der Waals surface area contributed by atoms with Gasteiger partial charge in [0, 0.05) is 12.1 Å². The number of ether oxygens (including phenoxy) is 1. The molecule has 0 aliphatic carbocycles. The summed E-state index contributed by atoms with van der Waals surface area (Å²) in [5.74, 6) is 0.425. The summed E-state index contributed by atoms with van der Waals surface area (Å²) in [6, 6.07) is 6.31. The van der Waals surface area contributed by atoms with E-state index in [2.05, 4.69) is 9.64 Å². The predicted octanol–water partition coefficient (Wildman–Crippen LogP) is 3.18. The minimum Gasteiger partial charge on any atom is -0.405 e. The Morgan fingerprint density at radius 2 is 1.81 bits per heavy atom. The van der Waals surface area contributed by atoms with Gasteiger partial charge in [-0.1, -0.05) is 18.2 Å². The molecule has 0 aromatic heterocycles. The fourth-order valence-corrected chi connectivity index (χ4v) is 2.48. The van der Waals surface area contributed by atoms with Crippen molar-refractivity contribution < 1.29 is 17.9 Å². The number of likely N-dealkylation sites (tertiary alicyclic amines) is 1. The van der Waals surface area contributed by atoms with Crippen molar-refractivity contribution in [3.8, 4) is 5.75 Å². The molecule has 1 heterocycles. The number of nitrogens with zero attached hydrogens (tertiary/aromatic N) is 1. The summed E-state index contributed by atoms with van der Waals surface area (Å²) in [6.45, 7) is 2.88. The van der Waals surface area contributed by atoms with E-state index in [9.17, 15) is 13.2 Å². The third-order valence-corrected chi connectivity index (χ3v) is 3.63. The maximum absolute atomic E-state index is 12.3. The lowest BCUT2D eigenvalue weighted by molar-refractivity contribution is -0.275. The lowest BCUT2D eigenvalue weighted by Gasteiger charge is -2.31. The van der Waals surface area contributed by atoms with Crippen molar-refractivity contribution in [3.63, 3.8) is 0 Å². The molecule has 1 saturated heterocycles. The molecule has 0 atom stereocenters. The van der Waals surface area contributed by atoms with Crippen LogP contribution in [0.25, 0.3) is 0 Å². The third kappa shape index (κ3) is 5.73. The average molecular weight is 325 g/mol. The zero-order valence-corrected chi connectivity index (χ0v) is 12.4. The van der Waals surface area contributed by atoms with Crippen molar-refractivity contribution >= 4 is 12.4 Å². The number of piperidine rings is 1. The molecule has 1 aliphatic heterocycles. The Balaban J connectivity index is 0.00000220. The lowest BCUT2D eigenvalue weighted by atomic mass is 9.97. The fourth-order valence-electron chi connectivity index (χ4n) is 2.48. The normalized spacial score (nSPS) is 17.3. The second-order valence-corrected chi connectivity index (χ2v) is 5.11. The molecule has 0 unspecified atom stereocenters. The Morgan fingerprint density at radius 3 is 2.38 bits per heavy atom. The number of nitrogens with two attached hydrogens (primary N) is 1. The van der Waals surface area contributed by atoms with Crippen molar-refractivity contribution in [1.82, 2.24) is 4.90 Å². The van der Waals surface area contributed by atoms with Gasteiger partial charge in [0.1, 0.15) is 5.75 Å². The zero-order chi connectivity index (χ0) is 14.6. The molecule has 120 valence electrons. The highest BCUT2D eigenvalue weighted by molar-refractivity contribution is 5.85. The van der Waals surface area contributed by atoms with Crippen LogP contribution in [0.4, 0.5) is 13.2 Å². The van der Waals surface area contributed by atoms with E-state index in [1.54, 1.807) is 18.2 Å². The molecule has 1 aromatic carbocycles. The maximum atomic E-state index is 12.3. The van der Waals surface area contributed by atoms with E-state index in [4.69, 9.17) is 5.73 Å². The summed E-state index contributed by atoms with van der Waals surface area (Å²) >= 11 is 0. The molecule has 1 aliphatic rings. The van der Waals surface area contributed by atoms with Crippen molar-refractivity contribution in [1.29, 1.82) is 0 Å².